The summed E-state index contributed by atoms with van der Waals surface area (Å²) >= 11 is 0. The Morgan fingerprint density at radius 1 is 1.22 bits per heavy atom. The van der Waals surface area contributed by atoms with Crippen LogP contribution in [0, 0.1) is 0 Å². The Morgan fingerprint density at radius 2 is 1.96 bits per heavy atom. The van der Waals surface area contributed by atoms with Crippen LogP contribution in [0.2, 0.25) is 0 Å². The maximum absolute atomic E-state index is 12.0. The van der Waals surface area contributed by atoms with Gasteiger partial charge in [-0.1, -0.05) is 12.1 Å². The first-order chi connectivity index (χ1) is 11.1. The molecule has 2 aromatic rings. The van der Waals surface area contributed by atoms with E-state index in [1.165, 1.54) is 0 Å². The van der Waals surface area contributed by atoms with Crippen LogP contribution in [0.4, 0.5) is 0 Å². The molecule has 1 N–H and O–H groups in total. The van der Waals surface area contributed by atoms with Crippen molar-refractivity contribution in [3.63, 3.8) is 0 Å². The number of nitrogens with one attached hydrogen (secondary N) is 1. The van der Waals surface area contributed by atoms with Crippen molar-refractivity contribution in [3.05, 3.63) is 48.4 Å². The Hall–Kier alpha value is -2.47. The lowest BCUT2D eigenvalue weighted by molar-refractivity contribution is -0.123. The third kappa shape index (κ3) is 4.75. The molecule has 1 atom stereocenters. The van der Waals surface area contributed by atoms with Gasteiger partial charge < -0.3 is 19.2 Å². The van der Waals surface area contributed by atoms with Gasteiger partial charge in [0.05, 0.1) is 19.4 Å². The average molecular weight is 318 g/mol. The number of benzene rings is 1. The van der Waals surface area contributed by atoms with Crippen molar-refractivity contribution in [2.45, 2.75) is 6.04 Å². The van der Waals surface area contributed by atoms with E-state index in [4.69, 9.17) is 13.9 Å². The highest BCUT2D eigenvalue weighted by Crippen LogP contribution is 2.25. The number of rotatable bonds is 8. The minimum Gasteiger partial charge on any atom is -0.493 e. The van der Waals surface area contributed by atoms with E-state index in [-0.39, 0.29) is 18.6 Å². The van der Waals surface area contributed by atoms with Crippen LogP contribution in [-0.4, -0.2) is 45.2 Å². The van der Waals surface area contributed by atoms with E-state index in [0.717, 1.165) is 5.76 Å². The van der Waals surface area contributed by atoms with Gasteiger partial charge in [0.25, 0.3) is 5.91 Å². The van der Waals surface area contributed by atoms with E-state index in [0.29, 0.717) is 18.0 Å². The molecule has 1 heterocycles. The Kier molecular flexibility index (Phi) is 6.05. The first-order valence-electron chi connectivity index (χ1n) is 7.34. The Morgan fingerprint density at radius 3 is 2.57 bits per heavy atom. The van der Waals surface area contributed by atoms with Gasteiger partial charge in [-0.2, -0.15) is 0 Å². The van der Waals surface area contributed by atoms with Crippen LogP contribution in [0.5, 0.6) is 11.5 Å². The number of nitrogens with zero attached hydrogens (tertiary/aromatic N) is 1. The maximum Gasteiger partial charge on any atom is 0.258 e. The van der Waals surface area contributed by atoms with Gasteiger partial charge in [0.2, 0.25) is 0 Å². The predicted octanol–water partition coefficient (Wildman–Crippen LogP) is 2.09. The van der Waals surface area contributed by atoms with Crippen molar-refractivity contribution < 1.29 is 18.7 Å². The van der Waals surface area contributed by atoms with Crippen molar-refractivity contribution in [1.82, 2.24) is 10.2 Å². The highest BCUT2D eigenvalue weighted by atomic mass is 16.5. The minimum absolute atomic E-state index is 0.0276. The second kappa shape index (κ2) is 8.24. The van der Waals surface area contributed by atoms with Crippen LogP contribution >= 0.6 is 0 Å². The van der Waals surface area contributed by atoms with Crippen molar-refractivity contribution in [2.24, 2.45) is 0 Å². The molecule has 0 aliphatic carbocycles. The summed E-state index contributed by atoms with van der Waals surface area (Å²) in [4.78, 5) is 14.0. The summed E-state index contributed by atoms with van der Waals surface area (Å²) < 4.78 is 16.1. The third-order valence-corrected chi connectivity index (χ3v) is 3.42. The van der Waals surface area contributed by atoms with Gasteiger partial charge in [0.1, 0.15) is 5.76 Å². The lowest BCUT2D eigenvalue weighted by Gasteiger charge is -2.22. The number of likely N-dealkylation sites (N-methyl/N-ethyl adjacent to an activating group) is 1. The zero-order valence-electron chi connectivity index (χ0n) is 13.6. The van der Waals surface area contributed by atoms with Gasteiger partial charge in [-0.05, 0) is 38.4 Å². The number of methoxy groups -OCH3 is 1. The minimum atomic E-state index is -0.200. The fraction of sp³-hybridized carbons (Fsp3) is 0.353. The highest BCUT2D eigenvalue weighted by Gasteiger charge is 2.18. The first-order valence-corrected chi connectivity index (χ1v) is 7.34. The van der Waals surface area contributed by atoms with Gasteiger partial charge in [-0.15, -0.1) is 0 Å². The molecule has 1 aromatic carbocycles. The van der Waals surface area contributed by atoms with Crippen molar-refractivity contribution >= 4 is 5.91 Å². The lowest BCUT2D eigenvalue weighted by Crippen LogP contribution is -2.36. The molecule has 0 fully saturated rings. The molecule has 0 saturated heterocycles. The topological polar surface area (TPSA) is 63.9 Å². The fourth-order valence-electron chi connectivity index (χ4n) is 2.16. The predicted molar refractivity (Wildman–Crippen MR) is 86.6 cm³/mol. The molecule has 0 spiro atoms. The summed E-state index contributed by atoms with van der Waals surface area (Å²) in [6.07, 6.45) is 1.62. The van der Waals surface area contributed by atoms with Gasteiger partial charge in [0.15, 0.2) is 18.1 Å². The van der Waals surface area contributed by atoms with Crippen LogP contribution in [-0.2, 0) is 4.79 Å². The van der Waals surface area contributed by atoms with Crippen LogP contribution in [0.3, 0.4) is 0 Å². The van der Waals surface area contributed by atoms with E-state index >= 15 is 0 Å². The molecule has 2 rings (SSSR count). The maximum atomic E-state index is 12.0. The molecule has 124 valence electrons. The smallest absolute Gasteiger partial charge is 0.258 e. The van der Waals surface area contributed by atoms with E-state index < -0.39 is 0 Å². The standard InChI is InChI=1S/C17H22N2O4/c1-19(2)13(14-9-6-10-22-14)11-18-17(20)12-23-16-8-5-4-7-15(16)21-3/h4-10,13H,11-12H2,1-3H3,(H,18,20)/t13-/m0/s1. The molecule has 6 nitrogen and oxygen atoms in total. The molecular formula is C17H22N2O4. The van der Waals surface area contributed by atoms with Gasteiger partial charge in [0, 0.05) is 6.54 Å². The summed E-state index contributed by atoms with van der Waals surface area (Å²) in [5.41, 5.74) is 0. The number of hydrogen-bond donors (Lipinski definition) is 1. The number of amides is 1. The van der Waals surface area contributed by atoms with E-state index in [1.54, 1.807) is 25.5 Å². The fourth-order valence-corrected chi connectivity index (χ4v) is 2.16. The third-order valence-electron chi connectivity index (χ3n) is 3.42. The van der Waals surface area contributed by atoms with Crippen molar-refractivity contribution in [1.29, 1.82) is 0 Å². The molecule has 23 heavy (non-hydrogen) atoms. The van der Waals surface area contributed by atoms with Crippen LogP contribution < -0.4 is 14.8 Å². The monoisotopic (exact) mass is 318 g/mol. The lowest BCUT2D eigenvalue weighted by atomic mass is 10.2. The molecule has 1 amide bonds. The first kappa shape index (κ1) is 16.9. The molecule has 0 aliphatic heterocycles. The Balaban J connectivity index is 1.85. The summed E-state index contributed by atoms with van der Waals surface area (Å²) in [5.74, 6) is 1.75. The summed E-state index contributed by atoms with van der Waals surface area (Å²) in [6, 6.07) is 10.9. The molecule has 0 radical (unpaired) electrons. The van der Waals surface area contributed by atoms with Crippen molar-refractivity contribution in [3.8, 4) is 11.5 Å². The molecule has 0 bridgehead atoms. The molecule has 0 unspecified atom stereocenters. The number of para-hydroxylation sites is 2. The second-order valence-electron chi connectivity index (χ2n) is 5.24. The summed E-state index contributed by atoms with van der Waals surface area (Å²) in [5, 5.41) is 2.85. The Bertz CT molecular complexity index is 611. The van der Waals surface area contributed by atoms with E-state index in [9.17, 15) is 4.79 Å². The average Bonchev–Trinajstić information content (AvgIpc) is 3.07. The summed E-state index contributed by atoms with van der Waals surface area (Å²) in [7, 11) is 5.43. The van der Waals surface area contributed by atoms with Gasteiger partial charge >= 0.3 is 0 Å². The van der Waals surface area contributed by atoms with E-state index in [1.807, 2.05) is 43.3 Å². The zero-order chi connectivity index (χ0) is 16.7. The van der Waals surface area contributed by atoms with Crippen molar-refractivity contribution in [2.75, 3.05) is 34.4 Å². The number of furan rings is 1. The molecule has 0 aliphatic rings. The quantitative estimate of drug-likeness (QED) is 0.807. The largest absolute Gasteiger partial charge is 0.493 e. The summed E-state index contributed by atoms with van der Waals surface area (Å²) in [6.45, 7) is 0.368. The van der Waals surface area contributed by atoms with Gasteiger partial charge in [-0.3, -0.25) is 9.69 Å². The number of carbonyl (C=O) groups excluding carboxylic acids is 1. The second-order valence-corrected chi connectivity index (χ2v) is 5.24. The number of ether oxygens (including phenoxy) is 2. The van der Waals surface area contributed by atoms with Crippen LogP contribution in [0.15, 0.2) is 47.1 Å². The zero-order valence-corrected chi connectivity index (χ0v) is 13.6. The Labute approximate surface area is 136 Å². The number of carbonyl (C=O) groups is 1. The molecule has 1 aromatic heterocycles. The van der Waals surface area contributed by atoms with Crippen LogP contribution in [0.25, 0.3) is 0 Å². The normalized spacial score (nSPS) is 12.0. The number of hydrogen-bond acceptors (Lipinski definition) is 5. The van der Waals surface area contributed by atoms with Crippen LogP contribution in [0.1, 0.15) is 11.8 Å². The highest BCUT2D eigenvalue weighted by molar-refractivity contribution is 5.77. The van der Waals surface area contributed by atoms with E-state index in [2.05, 4.69) is 5.32 Å². The van der Waals surface area contributed by atoms with Gasteiger partial charge in [-0.25, -0.2) is 0 Å². The SMILES string of the molecule is COc1ccccc1OCC(=O)NC[C@@H](c1ccco1)N(C)C. The molecule has 0 saturated carbocycles. The molecular weight excluding hydrogens is 296 g/mol. The molecule has 6 heteroatoms.